The fourth-order valence-electron chi connectivity index (χ4n) is 3.75. The maximum atomic E-state index is 11.3. The van der Waals surface area contributed by atoms with Crippen molar-refractivity contribution in [2.45, 2.75) is 12.5 Å². The number of thiophene rings is 1. The fraction of sp³-hybridized carbons (Fsp3) is 0.429. The highest BCUT2D eigenvalue weighted by atomic mass is 35.5. The average Bonchev–Trinajstić information content (AvgIpc) is 3.15. The van der Waals surface area contributed by atoms with Gasteiger partial charge in [-0.15, -0.1) is 11.3 Å². The fourth-order valence-corrected chi connectivity index (χ4v) is 5.32. The van der Waals surface area contributed by atoms with Gasteiger partial charge in [-0.3, -0.25) is 5.01 Å². The molecule has 0 bridgehead atoms. The minimum atomic E-state index is -0.918. The predicted octanol–water partition coefficient (Wildman–Crippen LogP) is 3.21. The number of hydrazine groups is 1. The van der Waals surface area contributed by atoms with Crippen molar-refractivity contribution in [1.29, 1.82) is 0 Å². The molecular weight excluding hydrogens is 422 g/mol. The van der Waals surface area contributed by atoms with Crippen LogP contribution in [0.1, 0.15) is 27.7 Å². The highest BCUT2D eigenvalue weighted by Gasteiger charge is 2.26. The van der Waals surface area contributed by atoms with Crippen LogP contribution < -0.4 is 5.43 Å². The number of carboxylic acid groups (broad SMARTS) is 1. The number of hydrogen-bond acceptors (Lipinski definition) is 7. The molecule has 1 fully saturated rings. The monoisotopic (exact) mass is 447 g/mol. The van der Waals surface area contributed by atoms with Crippen molar-refractivity contribution >= 4 is 45.3 Å². The SMILES string of the molecule is CN1CCN(CCCNN2C=NC=C(Cl)C2c2cc3ccc(C(=O)O)cc3s2)CC1. The zero-order valence-electron chi connectivity index (χ0n) is 16.9. The van der Waals surface area contributed by atoms with Crippen LogP contribution in [0.4, 0.5) is 0 Å². The first kappa shape index (κ1) is 21.3. The number of nitrogens with one attached hydrogen (secondary N) is 1. The molecule has 2 aliphatic rings. The van der Waals surface area contributed by atoms with E-state index in [9.17, 15) is 9.90 Å². The number of hydrogen-bond donors (Lipinski definition) is 2. The lowest BCUT2D eigenvalue weighted by Gasteiger charge is -2.33. The Hall–Kier alpha value is -1.97. The zero-order chi connectivity index (χ0) is 21.1. The van der Waals surface area contributed by atoms with E-state index >= 15 is 0 Å². The van der Waals surface area contributed by atoms with E-state index in [1.807, 2.05) is 11.1 Å². The average molecular weight is 448 g/mol. The first-order valence-electron chi connectivity index (χ1n) is 10.1. The quantitative estimate of drug-likeness (QED) is 0.635. The van der Waals surface area contributed by atoms with Gasteiger partial charge in [-0.2, -0.15) is 0 Å². The number of halogens is 1. The molecule has 1 aromatic carbocycles. The van der Waals surface area contributed by atoms with Crippen LogP contribution in [0.2, 0.25) is 0 Å². The third-order valence-corrected chi connectivity index (χ3v) is 6.98. The molecule has 3 heterocycles. The van der Waals surface area contributed by atoms with E-state index < -0.39 is 5.97 Å². The highest BCUT2D eigenvalue weighted by molar-refractivity contribution is 7.19. The van der Waals surface area contributed by atoms with Gasteiger partial charge in [0.05, 0.1) is 10.6 Å². The summed E-state index contributed by atoms with van der Waals surface area (Å²) in [5, 5.41) is 12.8. The lowest BCUT2D eigenvalue weighted by atomic mass is 10.1. The molecule has 0 spiro atoms. The van der Waals surface area contributed by atoms with Gasteiger partial charge in [0, 0.05) is 48.5 Å². The lowest BCUT2D eigenvalue weighted by Crippen LogP contribution is -2.46. The Labute approximate surface area is 185 Å². The predicted molar refractivity (Wildman–Crippen MR) is 122 cm³/mol. The summed E-state index contributed by atoms with van der Waals surface area (Å²) in [4.78, 5) is 21.4. The molecule has 4 rings (SSSR count). The number of likely N-dealkylation sites (N-methyl/N-ethyl adjacent to an activating group) is 1. The van der Waals surface area contributed by atoms with Gasteiger partial charge in [-0.1, -0.05) is 17.7 Å². The molecule has 0 aliphatic carbocycles. The second kappa shape index (κ2) is 9.45. The van der Waals surface area contributed by atoms with Gasteiger partial charge in [0.25, 0.3) is 0 Å². The normalized spacial score (nSPS) is 20.7. The maximum Gasteiger partial charge on any atom is 0.335 e. The van der Waals surface area contributed by atoms with Crippen LogP contribution in [0.5, 0.6) is 0 Å². The molecule has 30 heavy (non-hydrogen) atoms. The second-order valence-corrected chi connectivity index (χ2v) is 9.25. The first-order valence-corrected chi connectivity index (χ1v) is 11.3. The van der Waals surface area contributed by atoms with Crippen LogP contribution in [0.15, 0.2) is 40.5 Å². The highest BCUT2D eigenvalue weighted by Crippen LogP contribution is 2.38. The number of aliphatic imine (C=N–C) groups is 1. The van der Waals surface area contributed by atoms with E-state index in [0.717, 1.165) is 60.7 Å². The molecule has 0 amide bonds. The van der Waals surface area contributed by atoms with Gasteiger partial charge in [0.2, 0.25) is 0 Å². The standard InChI is InChI=1S/C21H26ClN5O2S/c1-25-7-9-26(10-8-25)6-2-5-24-27-14-23-13-17(22)20(27)19-11-15-3-4-16(21(28)29)12-18(15)30-19/h3-4,11-14,20,24H,2,5-10H2,1H3,(H,28,29). The Balaban J connectivity index is 1.40. The molecule has 0 radical (unpaired) electrons. The summed E-state index contributed by atoms with van der Waals surface area (Å²) >= 11 is 8.09. The van der Waals surface area contributed by atoms with Crippen LogP contribution >= 0.6 is 22.9 Å². The van der Waals surface area contributed by atoms with Crippen LogP contribution in [0, 0.1) is 0 Å². The van der Waals surface area contributed by atoms with E-state index in [0.29, 0.717) is 10.6 Å². The van der Waals surface area contributed by atoms with Gasteiger partial charge in [-0.25, -0.2) is 15.2 Å². The molecule has 1 atom stereocenters. The van der Waals surface area contributed by atoms with Crippen molar-refractivity contribution in [3.8, 4) is 0 Å². The summed E-state index contributed by atoms with van der Waals surface area (Å²) in [6.07, 6.45) is 4.47. The first-order chi connectivity index (χ1) is 14.5. The smallest absolute Gasteiger partial charge is 0.335 e. The number of aromatic carboxylic acids is 1. The molecule has 1 unspecified atom stereocenters. The van der Waals surface area contributed by atoms with Crippen LogP contribution in [-0.2, 0) is 0 Å². The molecular formula is C21H26ClN5O2S. The Morgan fingerprint density at radius 1 is 1.30 bits per heavy atom. The number of rotatable bonds is 7. The van der Waals surface area contributed by atoms with E-state index in [-0.39, 0.29) is 6.04 Å². The number of fused-ring (bicyclic) bond motifs is 1. The second-order valence-electron chi connectivity index (χ2n) is 7.70. The van der Waals surface area contributed by atoms with Gasteiger partial charge >= 0.3 is 5.97 Å². The molecule has 2 aliphatic heterocycles. The molecule has 9 heteroatoms. The van der Waals surface area contributed by atoms with Crippen molar-refractivity contribution in [3.05, 3.63) is 45.9 Å². The van der Waals surface area contributed by atoms with Crippen LogP contribution in [0.3, 0.4) is 0 Å². The van der Waals surface area contributed by atoms with Gasteiger partial charge in [0.15, 0.2) is 0 Å². The minimum Gasteiger partial charge on any atom is -0.478 e. The van der Waals surface area contributed by atoms with Crippen molar-refractivity contribution in [3.63, 3.8) is 0 Å². The molecule has 2 N–H and O–H groups in total. The summed E-state index contributed by atoms with van der Waals surface area (Å²) in [6, 6.07) is 7.10. The summed E-state index contributed by atoms with van der Waals surface area (Å²) in [5.74, 6) is -0.918. The maximum absolute atomic E-state index is 11.3. The Morgan fingerprint density at radius 3 is 2.87 bits per heavy atom. The van der Waals surface area contributed by atoms with E-state index in [1.54, 1.807) is 36.0 Å². The molecule has 7 nitrogen and oxygen atoms in total. The van der Waals surface area contributed by atoms with Crippen molar-refractivity contribution in [1.82, 2.24) is 20.2 Å². The summed E-state index contributed by atoms with van der Waals surface area (Å²) in [6.45, 7) is 6.40. The Morgan fingerprint density at radius 2 is 2.10 bits per heavy atom. The van der Waals surface area contributed by atoms with Gasteiger partial charge in [-0.05, 0) is 43.6 Å². The minimum absolute atomic E-state index is 0.168. The number of piperazine rings is 1. The van der Waals surface area contributed by atoms with Crippen LogP contribution in [-0.4, -0.2) is 78.5 Å². The van der Waals surface area contributed by atoms with Crippen molar-refractivity contribution in [2.75, 3.05) is 46.3 Å². The van der Waals surface area contributed by atoms with Crippen molar-refractivity contribution in [2.24, 2.45) is 4.99 Å². The topological polar surface area (TPSA) is 71.4 Å². The van der Waals surface area contributed by atoms with E-state index in [2.05, 4.69) is 33.3 Å². The van der Waals surface area contributed by atoms with E-state index in [4.69, 9.17) is 11.6 Å². The summed E-state index contributed by atoms with van der Waals surface area (Å²) in [7, 11) is 2.17. The van der Waals surface area contributed by atoms with Crippen LogP contribution in [0.25, 0.3) is 10.1 Å². The molecule has 0 saturated carbocycles. The zero-order valence-corrected chi connectivity index (χ0v) is 18.5. The largest absolute Gasteiger partial charge is 0.478 e. The van der Waals surface area contributed by atoms with Crippen molar-refractivity contribution < 1.29 is 9.90 Å². The number of benzene rings is 1. The Kier molecular flexibility index (Phi) is 6.70. The molecule has 2 aromatic rings. The summed E-state index contributed by atoms with van der Waals surface area (Å²) < 4.78 is 0.937. The van der Waals surface area contributed by atoms with Gasteiger partial charge < -0.3 is 14.9 Å². The summed E-state index contributed by atoms with van der Waals surface area (Å²) in [5.41, 5.74) is 3.75. The molecule has 1 saturated heterocycles. The number of carboxylic acids is 1. The third kappa shape index (κ3) is 4.84. The molecule has 1 aromatic heterocycles. The molecule has 160 valence electrons. The third-order valence-electron chi connectivity index (χ3n) is 5.53. The van der Waals surface area contributed by atoms with Gasteiger partial charge in [0.1, 0.15) is 12.4 Å². The number of carbonyl (C=O) groups is 1. The lowest BCUT2D eigenvalue weighted by molar-refractivity contribution is 0.0697. The van der Waals surface area contributed by atoms with E-state index in [1.165, 1.54) is 0 Å². The Bertz CT molecular complexity index is 967. The number of nitrogens with zero attached hydrogens (tertiary/aromatic N) is 4.